The summed E-state index contributed by atoms with van der Waals surface area (Å²) >= 11 is 1.66. The number of thiazole rings is 1. The van der Waals surface area contributed by atoms with Gasteiger partial charge in [-0.25, -0.2) is 9.78 Å². The molecule has 0 bridgehead atoms. The average Bonchev–Trinajstić information content (AvgIpc) is 3.09. The van der Waals surface area contributed by atoms with Crippen LogP contribution < -0.4 is 4.74 Å². The smallest absolute Gasteiger partial charge is 0.320 e. The van der Waals surface area contributed by atoms with Gasteiger partial charge in [0, 0.05) is 45.2 Å². The van der Waals surface area contributed by atoms with Crippen molar-refractivity contribution in [3.63, 3.8) is 0 Å². The molecule has 5 rings (SSSR count). The maximum Gasteiger partial charge on any atom is 0.320 e. The fourth-order valence-corrected chi connectivity index (χ4v) is 5.96. The van der Waals surface area contributed by atoms with E-state index in [-0.39, 0.29) is 18.4 Å². The van der Waals surface area contributed by atoms with E-state index in [0.717, 1.165) is 68.7 Å². The third-order valence-electron chi connectivity index (χ3n) is 6.94. The van der Waals surface area contributed by atoms with Crippen LogP contribution in [0.1, 0.15) is 61.9 Å². The number of amides is 2. The number of hydrogen-bond acceptors (Lipinski definition) is 5. The van der Waals surface area contributed by atoms with E-state index in [1.165, 1.54) is 43.6 Å². The summed E-state index contributed by atoms with van der Waals surface area (Å²) in [4.78, 5) is 25.5. The van der Waals surface area contributed by atoms with Crippen LogP contribution in [0.4, 0.5) is 4.79 Å². The molecule has 1 aromatic heterocycles. The second-order valence-electron chi connectivity index (χ2n) is 8.79. The molecule has 162 valence electrons. The number of carbonyl (C=O) groups is 1. The molecule has 2 amide bonds. The van der Waals surface area contributed by atoms with Gasteiger partial charge in [-0.05, 0) is 44.9 Å². The van der Waals surface area contributed by atoms with Crippen molar-refractivity contribution in [2.45, 2.75) is 76.5 Å². The SMILES string of the molecule is Cl.O=C(N1CCCCC1)N1CCc2nc(OC3CCN(C4CCC4)CC3)sc2C1. The standard InChI is InChI=1S/C21H32N4O2S.ClH/c26-21(24-10-2-1-3-11-24)25-14-9-18-19(15-25)28-20(22-18)27-17-7-12-23(13-8-17)16-5-4-6-16;/h16-17H,1-15H2;1H. The highest BCUT2D eigenvalue weighted by molar-refractivity contribution is 7.13. The normalized spacial score (nSPS) is 23.9. The lowest BCUT2D eigenvalue weighted by molar-refractivity contribution is 0.0492. The van der Waals surface area contributed by atoms with Crippen LogP contribution in [0.3, 0.4) is 0 Å². The summed E-state index contributed by atoms with van der Waals surface area (Å²) in [6.07, 6.45) is 11.1. The van der Waals surface area contributed by atoms with E-state index in [4.69, 9.17) is 9.72 Å². The fraction of sp³-hybridized carbons (Fsp3) is 0.810. The van der Waals surface area contributed by atoms with E-state index in [2.05, 4.69) is 4.90 Å². The molecule has 6 nitrogen and oxygen atoms in total. The highest BCUT2D eigenvalue weighted by Crippen LogP contribution is 2.33. The van der Waals surface area contributed by atoms with E-state index >= 15 is 0 Å². The molecule has 0 radical (unpaired) electrons. The predicted molar refractivity (Wildman–Crippen MR) is 117 cm³/mol. The Kier molecular flexibility index (Phi) is 6.87. The Morgan fingerprint density at radius 3 is 2.38 bits per heavy atom. The van der Waals surface area contributed by atoms with E-state index in [1.54, 1.807) is 11.3 Å². The highest BCUT2D eigenvalue weighted by atomic mass is 35.5. The maximum absolute atomic E-state index is 12.8. The zero-order valence-corrected chi connectivity index (χ0v) is 18.8. The number of fused-ring (bicyclic) bond motifs is 1. The van der Waals surface area contributed by atoms with Gasteiger partial charge in [0.2, 0.25) is 0 Å². The van der Waals surface area contributed by atoms with Crippen LogP contribution in [0.2, 0.25) is 0 Å². The summed E-state index contributed by atoms with van der Waals surface area (Å²) in [6, 6.07) is 1.06. The zero-order valence-electron chi connectivity index (χ0n) is 17.2. The van der Waals surface area contributed by atoms with Crippen LogP contribution in [-0.4, -0.2) is 70.6 Å². The van der Waals surface area contributed by atoms with Gasteiger partial charge in [-0.3, -0.25) is 0 Å². The molecule has 8 heteroatoms. The summed E-state index contributed by atoms with van der Waals surface area (Å²) in [7, 11) is 0. The van der Waals surface area contributed by atoms with Gasteiger partial charge in [-0.1, -0.05) is 17.8 Å². The molecular weight excluding hydrogens is 408 g/mol. The second-order valence-corrected chi connectivity index (χ2v) is 9.84. The Labute approximate surface area is 184 Å². The predicted octanol–water partition coefficient (Wildman–Crippen LogP) is 3.92. The van der Waals surface area contributed by atoms with Crippen LogP contribution in [-0.2, 0) is 13.0 Å². The molecule has 1 aliphatic carbocycles. The summed E-state index contributed by atoms with van der Waals surface area (Å²) in [6.45, 7) is 5.64. The first kappa shape index (κ1) is 21.2. The van der Waals surface area contributed by atoms with Crippen molar-refractivity contribution in [2.75, 3.05) is 32.7 Å². The molecule has 0 aromatic carbocycles. The first-order valence-corrected chi connectivity index (χ1v) is 12.0. The van der Waals surface area contributed by atoms with Crippen LogP contribution in [0.15, 0.2) is 0 Å². The van der Waals surface area contributed by atoms with Crippen molar-refractivity contribution in [1.29, 1.82) is 0 Å². The van der Waals surface area contributed by atoms with Gasteiger partial charge in [-0.15, -0.1) is 12.4 Å². The van der Waals surface area contributed by atoms with Gasteiger partial charge in [0.05, 0.1) is 17.1 Å². The molecule has 2 saturated heterocycles. The van der Waals surface area contributed by atoms with Crippen molar-refractivity contribution in [3.05, 3.63) is 10.6 Å². The molecule has 0 N–H and O–H groups in total. The summed E-state index contributed by atoms with van der Waals surface area (Å²) < 4.78 is 6.27. The number of carbonyl (C=O) groups excluding carboxylic acids is 1. The minimum absolute atomic E-state index is 0. The summed E-state index contributed by atoms with van der Waals surface area (Å²) in [5, 5.41) is 0.819. The quantitative estimate of drug-likeness (QED) is 0.714. The Balaban J connectivity index is 0.00000205. The van der Waals surface area contributed by atoms with E-state index < -0.39 is 0 Å². The monoisotopic (exact) mass is 440 g/mol. The van der Waals surface area contributed by atoms with Crippen LogP contribution in [0, 0.1) is 0 Å². The number of hydrogen-bond donors (Lipinski definition) is 0. The summed E-state index contributed by atoms with van der Waals surface area (Å²) in [5.74, 6) is 0. The number of likely N-dealkylation sites (tertiary alicyclic amines) is 2. The Hall–Kier alpha value is -1.05. The molecule has 4 heterocycles. The van der Waals surface area contributed by atoms with E-state index in [9.17, 15) is 4.79 Å². The number of aromatic nitrogens is 1. The molecule has 4 aliphatic rings. The largest absolute Gasteiger partial charge is 0.467 e. The van der Waals surface area contributed by atoms with Crippen LogP contribution in [0.25, 0.3) is 0 Å². The molecule has 1 saturated carbocycles. The first-order chi connectivity index (χ1) is 13.8. The number of urea groups is 1. The average molecular weight is 441 g/mol. The minimum Gasteiger partial charge on any atom is -0.467 e. The Morgan fingerprint density at radius 2 is 1.69 bits per heavy atom. The third-order valence-corrected chi connectivity index (χ3v) is 7.92. The number of rotatable bonds is 3. The van der Waals surface area contributed by atoms with Crippen molar-refractivity contribution in [1.82, 2.24) is 19.7 Å². The molecule has 3 fully saturated rings. The highest BCUT2D eigenvalue weighted by Gasteiger charge is 2.31. The molecule has 3 aliphatic heterocycles. The van der Waals surface area contributed by atoms with Gasteiger partial charge in [0.1, 0.15) is 6.10 Å². The Morgan fingerprint density at radius 1 is 0.931 bits per heavy atom. The van der Waals surface area contributed by atoms with Gasteiger partial charge >= 0.3 is 6.03 Å². The lowest BCUT2D eigenvalue weighted by Crippen LogP contribution is -2.47. The van der Waals surface area contributed by atoms with Gasteiger partial charge in [-0.2, -0.15) is 0 Å². The van der Waals surface area contributed by atoms with Crippen molar-refractivity contribution < 1.29 is 9.53 Å². The maximum atomic E-state index is 12.8. The molecule has 1 aromatic rings. The van der Waals surface area contributed by atoms with Gasteiger partial charge in [0.25, 0.3) is 5.19 Å². The zero-order chi connectivity index (χ0) is 18.9. The van der Waals surface area contributed by atoms with Crippen molar-refractivity contribution in [3.8, 4) is 5.19 Å². The topological polar surface area (TPSA) is 48.9 Å². The van der Waals surface area contributed by atoms with E-state index in [1.807, 2.05) is 9.80 Å². The lowest BCUT2D eigenvalue weighted by Gasteiger charge is -2.41. The fourth-order valence-electron chi connectivity index (χ4n) is 4.92. The number of halogens is 1. The summed E-state index contributed by atoms with van der Waals surface area (Å²) in [5.41, 5.74) is 1.15. The molecular formula is C21H33ClN4O2S. The first-order valence-electron chi connectivity index (χ1n) is 11.2. The molecule has 0 atom stereocenters. The number of piperidine rings is 2. The third kappa shape index (κ3) is 4.67. The molecule has 0 spiro atoms. The molecule has 0 unspecified atom stereocenters. The molecule has 29 heavy (non-hydrogen) atoms. The number of ether oxygens (including phenoxy) is 1. The van der Waals surface area contributed by atoms with Gasteiger partial charge in [0.15, 0.2) is 0 Å². The van der Waals surface area contributed by atoms with Crippen LogP contribution in [0.5, 0.6) is 5.19 Å². The number of nitrogens with zero attached hydrogens (tertiary/aromatic N) is 4. The van der Waals surface area contributed by atoms with Gasteiger partial charge < -0.3 is 19.4 Å². The minimum atomic E-state index is 0. The van der Waals surface area contributed by atoms with Crippen LogP contribution >= 0.6 is 23.7 Å². The van der Waals surface area contributed by atoms with Crippen molar-refractivity contribution in [2.24, 2.45) is 0 Å². The second kappa shape index (κ2) is 9.40. The van der Waals surface area contributed by atoms with E-state index in [0.29, 0.717) is 12.6 Å². The lowest BCUT2D eigenvalue weighted by atomic mass is 9.90. The van der Waals surface area contributed by atoms with Crippen molar-refractivity contribution >= 4 is 29.8 Å². The Bertz CT molecular complexity index is 697.